The summed E-state index contributed by atoms with van der Waals surface area (Å²) in [6.45, 7) is 5.57. The van der Waals surface area contributed by atoms with E-state index in [1.807, 2.05) is 18.2 Å². The minimum Gasteiger partial charge on any atom is -0.376 e. The van der Waals surface area contributed by atoms with E-state index >= 15 is 0 Å². The predicted molar refractivity (Wildman–Crippen MR) is 85.9 cm³/mol. The van der Waals surface area contributed by atoms with Crippen molar-refractivity contribution in [2.75, 3.05) is 6.61 Å². The van der Waals surface area contributed by atoms with E-state index in [0.29, 0.717) is 13.2 Å². The lowest BCUT2D eigenvalue weighted by atomic mass is 9.67. The molecule has 0 heterocycles. The summed E-state index contributed by atoms with van der Waals surface area (Å²) in [5, 5.41) is 0. The Morgan fingerprint density at radius 1 is 1.33 bits per heavy atom. The van der Waals surface area contributed by atoms with Crippen molar-refractivity contribution >= 4 is 6.29 Å². The van der Waals surface area contributed by atoms with Gasteiger partial charge < -0.3 is 9.53 Å². The molecule has 3 atom stereocenters. The summed E-state index contributed by atoms with van der Waals surface area (Å²) in [6, 6.07) is 10.2. The summed E-state index contributed by atoms with van der Waals surface area (Å²) in [6.07, 6.45) is 9.00. The van der Waals surface area contributed by atoms with Gasteiger partial charge >= 0.3 is 0 Å². The van der Waals surface area contributed by atoms with E-state index in [-0.39, 0.29) is 17.3 Å². The fourth-order valence-electron chi connectivity index (χ4n) is 3.29. The number of carbonyl (C=O) groups excluding carboxylic acids is 1. The first-order valence-corrected chi connectivity index (χ1v) is 7.90. The van der Waals surface area contributed by atoms with Gasteiger partial charge in [-0.1, -0.05) is 56.3 Å². The molecule has 2 nitrogen and oxygen atoms in total. The molecule has 0 fully saturated rings. The highest BCUT2D eigenvalue weighted by atomic mass is 16.5. The van der Waals surface area contributed by atoms with Crippen LogP contribution < -0.4 is 0 Å². The molecule has 0 spiro atoms. The van der Waals surface area contributed by atoms with E-state index in [0.717, 1.165) is 19.1 Å². The second-order valence-corrected chi connectivity index (χ2v) is 6.44. The lowest BCUT2D eigenvalue weighted by Gasteiger charge is -2.37. The first kappa shape index (κ1) is 16.0. The highest BCUT2D eigenvalue weighted by Crippen LogP contribution is 2.40. The first-order chi connectivity index (χ1) is 10.2. The maximum Gasteiger partial charge on any atom is 0.124 e. The summed E-state index contributed by atoms with van der Waals surface area (Å²) in [7, 11) is 0. The van der Waals surface area contributed by atoms with Crippen molar-refractivity contribution in [1.82, 2.24) is 0 Å². The fourth-order valence-corrected chi connectivity index (χ4v) is 3.29. The standard InChI is InChI=1S/C19H26O2/c1-16(14-21-15-17-9-5-3-6-10-17)18(13-20)19(2)11-7-4-8-12-19/h3,5-7,9-11,13,16,18H,4,8,12,14-15H2,1-2H3/t16-,18+,19+/m0/s1. The smallest absolute Gasteiger partial charge is 0.124 e. The van der Waals surface area contributed by atoms with E-state index in [1.165, 1.54) is 12.0 Å². The summed E-state index contributed by atoms with van der Waals surface area (Å²) in [4.78, 5) is 11.6. The van der Waals surface area contributed by atoms with Crippen LogP contribution in [0.3, 0.4) is 0 Å². The third-order valence-electron chi connectivity index (χ3n) is 4.60. The Hall–Kier alpha value is -1.41. The van der Waals surface area contributed by atoms with Crippen LogP contribution in [0.1, 0.15) is 38.7 Å². The molecule has 21 heavy (non-hydrogen) atoms. The van der Waals surface area contributed by atoms with Gasteiger partial charge in [0.2, 0.25) is 0 Å². The fraction of sp³-hybridized carbons (Fsp3) is 0.526. The molecular formula is C19H26O2. The molecule has 0 saturated heterocycles. The Morgan fingerprint density at radius 3 is 2.71 bits per heavy atom. The average Bonchev–Trinajstić information content (AvgIpc) is 2.49. The molecule has 1 aromatic carbocycles. The van der Waals surface area contributed by atoms with E-state index in [2.05, 4.69) is 38.1 Å². The summed E-state index contributed by atoms with van der Waals surface area (Å²) in [5.74, 6) is 0.267. The van der Waals surface area contributed by atoms with Crippen LogP contribution in [-0.4, -0.2) is 12.9 Å². The van der Waals surface area contributed by atoms with Crippen LogP contribution in [0.2, 0.25) is 0 Å². The largest absolute Gasteiger partial charge is 0.376 e. The maximum atomic E-state index is 11.6. The van der Waals surface area contributed by atoms with Gasteiger partial charge in [0.25, 0.3) is 0 Å². The van der Waals surface area contributed by atoms with Gasteiger partial charge in [0.15, 0.2) is 0 Å². The molecule has 2 heteroatoms. The summed E-state index contributed by atoms with van der Waals surface area (Å²) >= 11 is 0. The molecule has 0 saturated carbocycles. The molecule has 0 radical (unpaired) electrons. The van der Waals surface area contributed by atoms with Gasteiger partial charge in [0.1, 0.15) is 6.29 Å². The molecule has 0 unspecified atom stereocenters. The van der Waals surface area contributed by atoms with Crippen LogP contribution in [0.25, 0.3) is 0 Å². The Balaban J connectivity index is 1.88. The van der Waals surface area contributed by atoms with Crippen LogP contribution in [0, 0.1) is 17.3 Å². The van der Waals surface area contributed by atoms with Crippen molar-refractivity contribution in [3.8, 4) is 0 Å². The SMILES string of the molecule is C[C@@H](COCc1ccccc1)[C@@H](C=O)[C@]1(C)C=CCCC1. The van der Waals surface area contributed by atoms with Gasteiger partial charge in [-0.05, 0) is 36.2 Å². The molecule has 0 aromatic heterocycles. The Kier molecular flexibility index (Phi) is 5.75. The van der Waals surface area contributed by atoms with Crippen molar-refractivity contribution in [1.29, 1.82) is 0 Å². The number of carbonyl (C=O) groups is 1. The van der Waals surface area contributed by atoms with E-state index in [4.69, 9.17) is 4.74 Å². The zero-order valence-electron chi connectivity index (χ0n) is 13.1. The molecule has 114 valence electrons. The third-order valence-corrected chi connectivity index (χ3v) is 4.60. The number of allylic oxidation sites excluding steroid dienone is 2. The Morgan fingerprint density at radius 2 is 2.10 bits per heavy atom. The number of hydrogen-bond donors (Lipinski definition) is 0. The predicted octanol–water partition coefficient (Wildman–Crippen LogP) is 4.40. The number of aldehydes is 1. The van der Waals surface area contributed by atoms with Gasteiger partial charge in [-0.3, -0.25) is 0 Å². The van der Waals surface area contributed by atoms with E-state index < -0.39 is 0 Å². The average molecular weight is 286 g/mol. The topological polar surface area (TPSA) is 26.3 Å². The molecule has 1 aromatic rings. The van der Waals surface area contributed by atoms with Crippen LogP contribution in [0.15, 0.2) is 42.5 Å². The molecule has 0 amide bonds. The minimum absolute atomic E-state index is 0.00444. The van der Waals surface area contributed by atoms with Crippen molar-refractivity contribution in [2.24, 2.45) is 17.3 Å². The van der Waals surface area contributed by atoms with Crippen LogP contribution in [0.5, 0.6) is 0 Å². The van der Waals surface area contributed by atoms with Crippen molar-refractivity contribution < 1.29 is 9.53 Å². The van der Waals surface area contributed by atoms with Crippen molar-refractivity contribution in [2.45, 2.75) is 39.7 Å². The van der Waals surface area contributed by atoms with Gasteiger partial charge in [0.05, 0.1) is 13.2 Å². The van der Waals surface area contributed by atoms with Gasteiger partial charge in [0, 0.05) is 5.92 Å². The number of ether oxygens (including phenoxy) is 1. The van der Waals surface area contributed by atoms with Crippen molar-refractivity contribution in [3.63, 3.8) is 0 Å². The monoisotopic (exact) mass is 286 g/mol. The zero-order chi connectivity index (χ0) is 15.1. The number of rotatable bonds is 7. The van der Waals surface area contributed by atoms with Crippen molar-refractivity contribution in [3.05, 3.63) is 48.0 Å². The summed E-state index contributed by atoms with van der Waals surface area (Å²) in [5.41, 5.74) is 1.17. The number of hydrogen-bond acceptors (Lipinski definition) is 2. The van der Waals surface area contributed by atoms with Gasteiger partial charge in [-0.2, -0.15) is 0 Å². The van der Waals surface area contributed by atoms with E-state index in [9.17, 15) is 4.79 Å². The Labute approximate surface area is 128 Å². The first-order valence-electron chi connectivity index (χ1n) is 7.90. The normalized spacial score (nSPS) is 24.5. The highest BCUT2D eigenvalue weighted by molar-refractivity contribution is 5.56. The second-order valence-electron chi connectivity index (χ2n) is 6.44. The molecular weight excluding hydrogens is 260 g/mol. The quantitative estimate of drug-likeness (QED) is 0.548. The Bertz CT molecular complexity index is 466. The van der Waals surface area contributed by atoms with Crippen LogP contribution in [-0.2, 0) is 16.1 Å². The molecule has 0 N–H and O–H groups in total. The maximum absolute atomic E-state index is 11.6. The van der Waals surface area contributed by atoms with Gasteiger partial charge in [-0.15, -0.1) is 0 Å². The molecule has 0 bridgehead atoms. The minimum atomic E-state index is -0.00444. The second kappa shape index (κ2) is 7.56. The van der Waals surface area contributed by atoms with E-state index in [1.54, 1.807) is 0 Å². The highest BCUT2D eigenvalue weighted by Gasteiger charge is 2.36. The van der Waals surface area contributed by atoms with Crippen LogP contribution >= 0.6 is 0 Å². The zero-order valence-corrected chi connectivity index (χ0v) is 13.1. The van der Waals surface area contributed by atoms with Crippen LogP contribution in [0.4, 0.5) is 0 Å². The molecule has 0 aliphatic heterocycles. The number of benzene rings is 1. The molecule has 1 aliphatic rings. The lowest BCUT2D eigenvalue weighted by molar-refractivity contribution is -0.117. The lowest BCUT2D eigenvalue weighted by Crippen LogP contribution is -2.34. The molecule has 2 rings (SSSR count). The van der Waals surface area contributed by atoms with Gasteiger partial charge in [-0.25, -0.2) is 0 Å². The summed E-state index contributed by atoms with van der Waals surface area (Å²) < 4.78 is 5.82. The molecule has 1 aliphatic carbocycles. The third kappa shape index (κ3) is 4.28.